The Morgan fingerprint density at radius 3 is 1.17 bits per heavy atom. The largest absolute Gasteiger partial charge is 0.478 e. The maximum Gasteiger partial charge on any atom is 0.417 e. The molecule has 0 aromatic heterocycles. The van der Waals surface area contributed by atoms with Gasteiger partial charge in [0.05, 0.1) is 33.6 Å². The second-order valence-electron chi connectivity index (χ2n) is 8.83. The Kier molecular flexibility index (Phi) is 8.27. The molecule has 0 aliphatic rings. The zero-order valence-corrected chi connectivity index (χ0v) is 21.1. The van der Waals surface area contributed by atoms with Gasteiger partial charge in [-0.15, -0.1) is 0 Å². The third-order valence-electron chi connectivity index (χ3n) is 5.95. The minimum absolute atomic E-state index is 0.00225. The van der Waals surface area contributed by atoms with E-state index in [1.807, 2.05) is 0 Å². The average Bonchev–Trinajstić information content (AvgIpc) is 2.94. The maximum absolute atomic E-state index is 14.0. The Hall–Kier alpha value is -5.26. The van der Waals surface area contributed by atoms with E-state index in [1.165, 1.54) is 61.0 Å². The van der Waals surface area contributed by atoms with Crippen molar-refractivity contribution in [3.05, 3.63) is 118 Å². The molecule has 4 aromatic rings. The predicted octanol–water partition coefficient (Wildman–Crippen LogP) is 8.29. The van der Waals surface area contributed by atoms with Crippen molar-refractivity contribution in [3.8, 4) is 11.1 Å². The fourth-order valence-electron chi connectivity index (χ4n) is 3.89. The third-order valence-corrected chi connectivity index (χ3v) is 5.95. The van der Waals surface area contributed by atoms with Gasteiger partial charge in [0, 0.05) is 12.4 Å². The van der Waals surface area contributed by atoms with Crippen LogP contribution in [0.3, 0.4) is 0 Å². The molecule has 0 fully saturated rings. The molecule has 2 N–H and O–H groups in total. The third kappa shape index (κ3) is 7.08. The van der Waals surface area contributed by atoms with Crippen molar-refractivity contribution in [2.45, 2.75) is 12.4 Å². The van der Waals surface area contributed by atoms with Crippen LogP contribution in [-0.2, 0) is 12.4 Å². The van der Waals surface area contributed by atoms with E-state index >= 15 is 0 Å². The molecule has 0 aliphatic carbocycles. The zero-order valence-electron chi connectivity index (χ0n) is 21.1. The summed E-state index contributed by atoms with van der Waals surface area (Å²) in [4.78, 5) is 29.9. The Labute approximate surface area is 233 Å². The minimum Gasteiger partial charge on any atom is -0.478 e. The highest BCUT2D eigenvalue weighted by atomic mass is 19.4. The molecule has 6 nitrogen and oxygen atoms in total. The first-order chi connectivity index (χ1) is 19.7. The van der Waals surface area contributed by atoms with Gasteiger partial charge >= 0.3 is 24.3 Å². The van der Waals surface area contributed by atoms with Crippen molar-refractivity contribution in [2.24, 2.45) is 9.98 Å². The van der Waals surface area contributed by atoms with E-state index in [9.17, 15) is 35.9 Å². The second kappa shape index (κ2) is 11.7. The van der Waals surface area contributed by atoms with Crippen LogP contribution in [0.25, 0.3) is 11.1 Å². The Balaban J connectivity index is 1.70. The van der Waals surface area contributed by atoms with Gasteiger partial charge in [0.25, 0.3) is 0 Å². The van der Waals surface area contributed by atoms with Crippen molar-refractivity contribution in [1.82, 2.24) is 0 Å². The molecule has 12 heteroatoms. The van der Waals surface area contributed by atoms with Crippen molar-refractivity contribution in [3.63, 3.8) is 0 Å². The molecule has 0 saturated carbocycles. The Morgan fingerprint density at radius 1 is 0.548 bits per heavy atom. The van der Waals surface area contributed by atoms with Crippen LogP contribution in [0.5, 0.6) is 0 Å². The summed E-state index contributed by atoms with van der Waals surface area (Å²) >= 11 is 0. The maximum atomic E-state index is 14.0. The summed E-state index contributed by atoms with van der Waals surface area (Å²) in [6.45, 7) is 0. The van der Waals surface area contributed by atoms with E-state index in [-0.39, 0.29) is 22.5 Å². The van der Waals surface area contributed by atoms with Crippen LogP contribution in [0.15, 0.2) is 94.9 Å². The molecular weight excluding hydrogens is 566 g/mol. The number of alkyl halides is 6. The van der Waals surface area contributed by atoms with E-state index < -0.39 is 46.5 Å². The van der Waals surface area contributed by atoms with Crippen LogP contribution < -0.4 is 0 Å². The number of carbonyl (C=O) groups is 2. The molecule has 0 radical (unpaired) electrons. The second-order valence-corrected chi connectivity index (χ2v) is 8.83. The van der Waals surface area contributed by atoms with Crippen LogP contribution in [0, 0.1) is 0 Å². The van der Waals surface area contributed by atoms with Crippen LogP contribution in [-0.4, -0.2) is 34.6 Å². The van der Waals surface area contributed by atoms with Crippen LogP contribution in [0.4, 0.5) is 37.7 Å². The lowest BCUT2D eigenvalue weighted by atomic mass is 9.93. The SMILES string of the molecule is O=C(O)c1ccc(C=Nc2ccc(-c3ccc(N=Cc4ccc(C(=O)O)cc4)cc3C(F)(F)F)c(C(F)(F)F)c2)cc1. The van der Waals surface area contributed by atoms with Crippen molar-refractivity contribution in [1.29, 1.82) is 0 Å². The molecule has 0 atom stereocenters. The number of carboxylic acid groups (broad SMARTS) is 2. The molecule has 4 rings (SSSR count). The molecule has 214 valence electrons. The lowest BCUT2D eigenvalue weighted by Crippen LogP contribution is -2.11. The van der Waals surface area contributed by atoms with Gasteiger partial charge in [-0.05, 0) is 70.8 Å². The molecule has 0 heterocycles. The highest BCUT2D eigenvalue weighted by Gasteiger charge is 2.38. The van der Waals surface area contributed by atoms with Gasteiger partial charge in [0.15, 0.2) is 0 Å². The molecule has 0 unspecified atom stereocenters. The van der Waals surface area contributed by atoms with Gasteiger partial charge in [-0.25, -0.2) is 9.59 Å². The van der Waals surface area contributed by atoms with Gasteiger partial charge in [-0.2, -0.15) is 26.3 Å². The molecule has 0 aliphatic heterocycles. The Bertz CT molecular complexity index is 1560. The van der Waals surface area contributed by atoms with Crippen molar-refractivity contribution >= 4 is 35.7 Å². The summed E-state index contributed by atoms with van der Waals surface area (Å²) < 4.78 is 84.3. The highest BCUT2D eigenvalue weighted by Crippen LogP contribution is 2.44. The number of aliphatic imine (C=N–C) groups is 2. The molecule has 4 aromatic carbocycles. The summed E-state index contributed by atoms with van der Waals surface area (Å²) in [5.74, 6) is -2.32. The first-order valence-electron chi connectivity index (χ1n) is 11.9. The summed E-state index contributed by atoms with van der Waals surface area (Å²) in [5.41, 5.74) is -3.66. The van der Waals surface area contributed by atoms with Gasteiger partial charge < -0.3 is 10.2 Å². The number of nitrogens with zero attached hydrogens (tertiary/aromatic N) is 2. The molecule has 42 heavy (non-hydrogen) atoms. The van der Waals surface area contributed by atoms with Crippen LogP contribution in [0.1, 0.15) is 43.0 Å². The molecule has 0 spiro atoms. The lowest BCUT2D eigenvalue weighted by Gasteiger charge is -2.18. The average molecular weight is 584 g/mol. The zero-order chi connectivity index (χ0) is 30.7. The summed E-state index contributed by atoms with van der Waals surface area (Å²) in [5, 5.41) is 17.9. The van der Waals surface area contributed by atoms with E-state index in [4.69, 9.17) is 10.2 Å². The normalized spacial score (nSPS) is 12.2. The summed E-state index contributed by atoms with van der Waals surface area (Å²) in [7, 11) is 0. The van der Waals surface area contributed by atoms with Gasteiger partial charge in [-0.1, -0.05) is 36.4 Å². The number of carboxylic acids is 2. The van der Waals surface area contributed by atoms with E-state index in [0.29, 0.717) is 23.3 Å². The number of hydrogen-bond donors (Lipinski definition) is 2. The number of benzene rings is 4. The van der Waals surface area contributed by atoms with Gasteiger partial charge in [0.2, 0.25) is 0 Å². The summed E-state index contributed by atoms with van der Waals surface area (Å²) in [6, 6.07) is 16.1. The standard InChI is InChI=1S/C30H18F6N2O4/c31-29(32,33)25-13-21(37-15-17-1-5-19(6-2-17)27(39)40)9-11-23(25)24-12-10-22(14-26(24)30(34,35)36)38-16-18-3-7-20(8-4-18)28(41)42/h1-16H,(H,39,40)(H,41,42). The highest BCUT2D eigenvalue weighted by molar-refractivity contribution is 5.90. The Morgan fingerprint density at radius 2 is 0.881 bits per heavy atom. The summed E-state index contributed by atoms with van der Waals surface area (Å²) in [6.07, 6.45) is -7.65. The monoisotopic (exact) mass is 584 g/mol. The smallest absolute Gasteiger partial charge is 0.417 e. The van der Waals surface area contributed by atoms with E-state index in [1.54, 1.807) is 0 Å². The number of halogens is 6. The first-order valence-corrected chi connectivity index (χ1v) is 11.9. The topological polar surface area (TPSA) is 99.3 Å². The first kappa shape index (κ1) is 29.7. The molecule has 0 bridgehead atoms. The van der Waals surface area contributed by atoms with Gasteiger partial charge in [-0.3, -0.25) is 9.98 Å². The lowest BCUT2D eigenvalue weighted by molar-refractivity contribution is -0.139. The molecular formula is C30H18F6N2O4. The van der Waals surface area contributed by atoms with Crippen LogP contribution in [0.2, 0.25) is 0 Å². The van der Waals surface area contributed by atoms with Crippen LogP contribution >= 0.6 is 0 Å². The molecule has 0 saturated heterocycles. The van der Waals surface area contributed by atoms with E-state index in [0.717, 1.165) is 24.3 Å². The van der Waals surface area contributed by atoms with Gasteiger partial charge in [0.1, 0.15) is 0 Å². The fourth-order valence-corrected chi connectivity index (χ4v) is 3.89. The van der Waals surface area contributed by atoms with Crippen molar-refractivity contribution in [2.75, 3.05) is 0 Å². The number of hydrogen-bond acceptors (Lipinski definition) is 4. The van der Waals surface area contributed by atoms with E-state index in [2.05, 4.69) is 9.98 Å². The molecule has 0 amide bonds. The predicted molar refractivity (Wildman–Crippen MR) is 143 cm³/mol. The quantitative estimate of drug-likeness (QED) is 0.169. The number of rotatable bonds is 7. The fraction of sp³-hybridized carbons (Fsp3) is 0.0667. The van der Waals surface area contributed by atoms with Crippen molar-refractivity contribution < 1.29 is 46.1 Å². The number of aromatic carboxylic acids is 2. The minimum atomic E-state index is -5.02.